The summed E-state index contributed by atoms with van der Waals surface area (Å²) in [5.41, 5.74) is 1.54. The molecule has 3 aromatic heterocycles. The molecule has 0 aliphatic carbocycles. The van der Waals surface area contributed by atoms with Crippen LogP contribution in [-0.2, 0) is 6.54 Å². The predicted octanol–water partition coefficient (Wildman–Crippen LogP) is 2.98. The first kappa shape index (κ1) is 17.3. The molecule has 1 aliphatic heterocycles. The third kappa shape index (κ3) is 3.20. The lowest BCUT2D eigenvalue weighted by atomic mass is 9.94. The van der Waals surface area contributed by atoms with Crippen LogP contribution in [-0.4, -0.2) is 42.1 Å². The van der Waals surface area contributed by atoms with Crippen molar-refractivity contribution in [3.8, 4) is 11.4 Å². The van der Waals surface area contributed by atoms with Crippen molar-refractivity contribution in [2.45, 2.75) is 32.9 Å². The fourth-order valence-electron chi connectivity index (χ4n) is 3.51. The molecule has 0 aromatic carbocycles. The summed E-state index contributed by atoms with van der Waals surface area (Å²) in [6, 6.07) is 7.24. The minimum atomic E-state index is -0.109. The predicted molar refractivity (Wildman–Crippen MR) is 101 cm³/mol. The lowest BCUT2D eigenvalue weighted by molar-refractivity contribution is 0.0518. The molecule has 7 heteroatoms. The molecule has 7 nitrogen and oxygen atoms in total. The third-order valence-electron chi connectivity index (χ3n) is 5.14. The van der Waals surface area contributed by atoms with Gasteiger partial charge in [0.25, 0.3) is 5.91 Å². The molecule has 4 heterocycles. The van der Waals surface area contributed by atoms with Gasteiger partial charge in [0.05, 0.1) is 12.6 Å². The molecule has 1 aliphatic rings. The van der Waals surface area contributed by atoms with Gasteiger partial charge >= 0.3 is 0 Å². The maximum absolute atomic E-state index is 13.1. The highest BCUT2D eigenvalue weighted by Gasteiger charge is 2.37. The monoisotopic (exact) mass is 362 g/mol. The number of hydrogen-bond donors (Lipinski definition) is 0. The van der Waals surface area contributed by atoms with E-state index >= 15 is 0 Å². The van der Waals surface area contributed by atoms with Gasteiger partial charge in [0.1, 0.15) is 0 Å². The molecule has 1 amide bonds. The van der Waals surface area contributed by atoms with Gasteiger partial charge in [0.15, 0.2) is 11.6 Å². The molecule has 0 saturated carbocycles. The number of aromatic nitrogens is 5. The molecule has 3 aromatic rings. The van der Waals surface area contributed by atoms with E-state index in [1.54, 1.807) is 36.9 Å². The Balaban J connectivity index is 1.73. The highest BCUT2D eigenvalue weighted by molar-refractivity contribution is 5.94. The number of carbonyl (C=O) groups is 1. The lowest BCUT2D eigenvalue weighted by Crippen LogP contribution is -2.45. The van der Waals surface area contributed by atoms with Gasteiger partial charge < -0.3 is 4.90 Å². The average molecular weight is 362 g/mol. The third-order valence-corrected chi connectivity index (χ3v) is 5.14. The zero-order valence-corrected chi connectivity index (χ0v) is 15.5. The molecule has 0 spiro atoms. The Morgan fingerprint density at radius 2 is 2.00 bits per heavy atom. The molecule has 0 saturated heterocycles. The van der Waals surface area contributed by atoms with E-state index in [2.05, 4.69) is 28.9 Å². The van der Waals surface area contributed by atoms with Crippen LogP contribution in [0.4, 0.5) is 0 Å². The molecule has 4 rings (SSSR count). The van der Waals surface area contributed by atoms with Crippen LogP contribution in [0.5, 0.6) is 0 Å². The molecule has 138 valence electrons. The van der Waals surface area contributed by atoms with Crippen LogP contribution in [0.3, 0.4) is 0 Å². The molecular formula is C20H22N6O. The van der Waals surface area contributed by atoms with Crippen molar-refractivity contribution >= 4 is 5.91 Å². The van der Waals surface area contributed by atoms with Gasteiger partial charge in [-0.15, -0.1) is 0 Å². The Hall–Kier alpha value is -3.09. The molecule has 0 bridgehead atoms. The van der Waals surface area contributed by atoms with Gasteiger partial charge in [0.2, 0.25) is 0 Å². The Labute approximate surface area is 158 Å². The fraction of sp³-hybridized carbons (Fsp3) is 0.350. The van der Waals surface area contributed by atoms with Gasteiger partial charge in [-0.25, -0.2) is 9.67 Å². The van der Waals surface area contributed by atoms with Gasteiger partial charge in [-0.2, -0.15) is 5.10 Å². The van der Waals surface area contributed by atoms with Crippen molar-refractivity contribution in [3.63, 3.8) is 0 Å². The second-order valence-electron chi connectivity index (χ2n) is 6.82. The van der Waals surface area contributed by atoms with Gasteiger partial charge in [-0.05, 0) is 30.2 Å². The summed E-state index contributed by atoms with van der Waals surface area (Å²) in [5, 5.41) is 4.67. The maximum atomic E-state index is 13.1. The number of rotatable bonds is 4. The number of fused-ring (bicyclic) bond motifs is 1. The minimum Gasteiger partial charge on any atom is -0.326 e. The minimum absolute atomic E-state index is 0.0138. The van der Waals surface area contributed by atoms with E-state index in [9.17, 15) is 4.79 Å². The normalized spacial score (nSPS) is 17.4. The summed E-state index contributed by atoms with van der Waals surface area (Å²) in [7, 11) is 0. The first-order chi connectivity index (χ1) is 13.2. The van der Waals surface area contributed by atoms with E-state index in [1.807, 2.05) is 21.7 Å². The van der Waals surface area contributed by atoms with E-state index in [-0.39, 0.29) is 17.9 Å². The summed E-state index contributed by atoms with van der Waals surface area (Å²) < 4.78 is 1.94. The second-order valence-corrected chi connectivity index (χ2v) is 6.82. The van der Waals surface area contributed by atoms with Crippen molar-refractivity contribution in [1.82, 2.24) is 29.6 Å². The smallest absolute Gasteiger partial charge is 0.254 e. The molecule has 27 heavy (non-hydrogen) atoms. The van der Waals surface area contributed by atoms with E-state index in [4.69, 9.17) is 4.98 Å². The number of hydrogen-bond acceptors (Lipinski definition) is 5. The number of nitrogens with zero attached hydrogens (tertiary/aromatic N) is 6. The summed E-state index contributed by atoms with van der Waals surface area (Å²) in [4.78, 5) is 28.1. The largest absolute Gasteiger partial charge is 0.326 e. The van der Waals surface area contributed by atoms with Crippen LogP contribution in [0, 0.1) is 5.92 Å². The standard InChI is InChI=1S/C20H22N6O/c1-3-14(2)17-19-23-18(16-5-4-8-22-13-16)24-26(19)12-11-25(17)20(27)15-6-9-21-10-7-15/h4-10,13-14,17H,3,11-12H2,1-2H3/t14-,17-/m0/s1. The van der Waals surface area contributed by atoms with Crippen LogP contribution < -0.4 is 0 Å². The zero-order chi connectivity index (χ0) is 18.8. The number of amides is 1. The average Bonchev–Trinajstić information content (AvgIpc) is 3.17. The maximum Gasteiger partial charge on any atom is 0.254 e. The summed E-state index contributed by atoms with van der Waals surface area (Å²) in [6.45, 7) is 5.54. The Morgan fingerprint density at radius 3 is 2.70 bits per heavy atom. The van der Waals surface area contributed by atoms with E-state index in [1.165, 1.54) is 0 Å². The summed E-state index contributed by atoms with van der Waals surface area (Å²) in [5.74, 6) is 1.78. The summed E-state index contributed by atoms with van der Waals surface area (Å²) in [6.07, 6.45) is 7.74. The number of carbonyl (C=O) groups excluding carboxylic acids is 1. The van der Waals surface area contributed by atoms with Crippen molar-refractivity contribution < 1.29 is 4.79 Å². The van der Waals surface area contributed by atoms with Gasteiger partial charge in [-0.1, -0.05) is 20.3 Å². The Morgan fingerprint density at radius 1 is 1.19 bits per heavy atom. The zero-order valence-electron chi connectivity index (χ0n) is 15.5. The highest BCUT2D eigenvalue weighted by Crippen LogP contribution is 2.34. The van der Waals surface area contributed by atoms with Crippen LogP contribution >= 0.6 is 0 Å². The van der Waals surface area contributed by atoms with Gasteiger partial charge in [-0.3, -0.25) is 14.8 Å². The fourth-order valence-corrected chi connectivity index (χ4v) is 3.51. The molecular weight excluding hydrogens is 340 g/mol. The molecule has 0 unspecified atom stereocenters. The van der Waals surface area contributed by atoms with Crippen molar-refractivity contribution in [2.24, 2.45) is 5.92 Å². The molecule has 2 atom stereocenters. The van der Waals surface area contributed by atoms with Crippen LogP contribution in [0.15, 0.2) is 49.1 Å². The highest BCUT2D eigenvalue weighted by atomic mass is 16.2. The molecule has 0 radical (unpaired) electrons. The van der Waals surface area contributed by atoms with E-state index in [0.717, 1.165) is 17.8 Å². The van der Waals surface area contributed by atoms with Crippen LogP contribution in [0.1, 0.15) is 42.5 Å². The van der Waals surface area contributed by atoms with Crippen molar-refractivity contribution in [2.75, 3.05) is 6.54 Å². The quantitative estimate of drug-likeness (QED) is 0.713. The van der Waals surface area contributed by atoms with Crippen molar-refractivity contribution in [3.05, 3.63) is 60.4 Å². The SMILES string of the molecule is CC[C@H](C)[C@H]1c2nc(-c3cccnc3)nn2CCN1C(=O)c1ccncc1. The Kier molecular flexibility index (Phi) is 4.66. The Bertz CT molecular complexity index is 924. The van der Waals surface area contributed by atoms with Crippen LogP contribution in [0.2, 0.25) is 0 Å². The summed E-state index contributed by atoms with van der Waals surface area (Å²) >= 11 is 0. The van der Waals surface area contributed by atoms with Crippen molar-refractivity contribution in [1.29, 1.82) is 0 Å². The van der Waals surface area contributed by atoms with Crippen LogP contribution in [0.25, 0.3) is 11.4 Å². The first-order valence-electron chi connectivity index (χ1n) is 9.25. The topological polar surface area (TPSA) is 76.8 Å². The van der Waals surface area contributed by atoms with E-state index in [0.29, 0.717) is 24.5 Å². The molecule has 0 N–H and O–H groups in total. The number of pyridine rings is 2. The second kappa shape index (κ2) is 7.26. The van der Waals surface area contributed by atoms with Gasteiger partial charge in [0, 0.05) is 42.5 Å². The molecule has 0 fully saturated rings. The van der Waals surface area contributed by atoms with E-state index < -0.39 is 0 Å². The first-order valence-corrected chi connectivity index (χ1v) is 9.25. The lowest BCUT2D eigenvalue weighted by Gasteiger charge is -2.38.